The van der Waals surface area contributed by atoms with Gasteiger partial charge in [-0.05, 0) is 89.4 Å². The molecule has 0 aliphatic carbocycles. The van der Waals surface area contributed by atoms with E-state index in [4.69, 9.17) is 20.9 Å². The molecule has 4 heterocycles. The predicted octanol–water partition coefficient (Wildman–Crippen LogP) is 5.61. The second kappa shape index (κ2) is 19.3. The summed E-state index contributed by atoms with van der Waals surface area (Å²) in [6.07, 6.45) is 5.71. The Morgan fingerprint density at radius 3 is 1.85 bits per heavy atom. The van der Waals surface area contributed by atoms with Crippen molar-refractivity contribution in [1.82, 2.24) is 20.2 Å². The lowest BCUT2D eigenvalue weighted by Gasteiger charge is -2.29. The highest BCUT2D eigenvalue weighted by Gasteiger charge is 2.24. The lowest BCUT2D eigenvalue weighted by molar-refractivity contribution is 0.0270. The minimum Gasteiger partial charge on any atom is -0.444 e. The van der Waals surface area contributed by atoms with Crippen molar-refractivity contribution in [2.75, 3.05) is 50.9 Å². The molecule has 5 N–H and O–H groups in total. The SMILES string of the molecule is CC(C)(C)OC(=O)N1CC=C(c2cccc(N)n2)CC1.CCOCC.Cl.Cl.Nc1cccc(C2=CCNCC2)n1. The molecular formula is C29H46Cl2N6O3. The fourth-order valence-corrected chi connectivity index (χ4v) is 3.71. The summed E-state index contributed by atoms with van der Waals surface area (Å²) in [4.78, 5) is 22.2. The number of rotatable bonds is 4. The van der Waals surface area contributed by atoms with Crippen molar-refractivity contribution in [2.24, 2.45) is 0 Å². The first-order valence-corrected chi connectivity index (χ1v) is 13.2. The summed E-state index contributed by atoms with van der Waals surface area (Å²) in [6.45, 7) is 14.4. The largest absolute Gasteiger partial charge is 0.444 e. The standard InChI is InChI=1S/C15H21N3O2.C10H13N3.C4H10O.2ClH/c1-15(2,3)20-14(19)18-9-7-11(8-10-18)12-5-4-6-13(16)17-12;11-10-3-1-2-9(13-10)8-4-6-12-7-5-8;1-3-5-4-2;;/h4-7H,8-10H2,1-3H3,(H2,16,17);1-4,12H,5-7H2,(H2,11,13);3-4H2,1-2H3;2*1H. The van der Waals surface area contributed by atoms with E-state index in [1.165, 1.54) is 5.57 Å². The van der Waals surface area contributed by atoms with E-state index in [-0.39, 0.29) is 30.9 Å². The predicted molar refractivity (Wildman–Crippen MR) is 170 cm³/mol. The van der Waals surface area contributed by atoms with Crippen LogP contribution in [0.2, 0.25) is 0 Å². The van der Waals surface area contributed by atoms with Gasteiger partial charge in [0.2, 0.25) is 0 Å². The molecule has 40 heavy (non-hydrogen) atoms. The summed E-state index contributed by atoms with van der Waals surface area (Å²) >= 11 is 0. The zero-order valence-corrected chi connectivity index (χ0v) is 25.9. The van der Waals surface area contributed by atoms with Gasteiger partial charge in [0, 0.05) is 32.8 Å². The molecule has 0 aromatic carbocycles. The Morgan fingerprint density at radius 2 is 1.48 bits per heavy atom. The highest BCUT2D eigenvalue weighted by atomic mass is 35.5. The summed E-state index contributed by atoms with van der Waals surface area (Å²) in [5, 5.41) is 3.26. The number of pyridine rings is 2. The fraction of sp³-hybridized carbons (Fsp3) is 0.483. The number of nitrogens with two attached hydrogens (primary N) is 2. The Bertz CT molecular complexity index is 1090. The van der Waals surface area contributed by atoms with Crippen LogP contribution in [-0.2, 0) is 9.47 Å². The van der Waals surface area contributed by atoms with Crippen LogP contribution in [0.3, 0.4) is 0 Å². The summed E-state index contributed by atoms with van der Waals surface area (Å²) in [6, 6.07) is 11.4. The Hall–Kier alpha value is -2.85. The molecule has 9 nitrogen and oxygen atoms in total. The molecule has 0 bridgehead atoms. The third-order valence-corrected chi connectivity index (χ3v) is 5.53. The van der Waals surface area contributed by atoms with Crippen LogP contribution in [-0.4, -0.2) is 66.0 Å². The van der Waals surface area contributed by atoms with Crippen LogP contribution in [0.25, 0.3) is 11.1 Å². The molecule has 0 unspecified atom stereocenters. The first-order valence-electron chi connectivity index (χ1n) is 13.2. The van der Waals surface area contributed by atoms with Crippen molar-refractivity contribution in [3.8, 4) is 0 Å². The minimum atomic E-state index is -0.462. The lowest BCUT2D eigenvalue weighted by Crippen LogP contribution is -2.39. The molecule has 2 aliphatic rings. The van der Waals surface area contributed by atoms with Gasteiger partial charge in [0.15, 0.2) is 0 Å². The van der Waals surface area contributed by atoms with Crippen molar-refractivity contribution in [3.05, 3.63) is 59.9 Å². The van der Waals surface area contributed by atoms with Crippen molar-refractivity contribution >= 4 is 53.7 Å². The molecular weight excluding hydrogens is 551 g/mol. The number of nitrogens with zero attached hydrogens (tertiary/aromatic N) is 3. The number of nitrogens with one attached hydrogen (secondary N) is 1. The van der Waals surface area contributed by atoms with Crippen LogP contribution in [0, 0.1) is 0 Å². The van der Waals surface area contributed by atoms with E-state index in [0.717, 1.165) is 56.1 Å². The van der Waals surface area contributed by atoms with E-state index >= 15 is 0 Å². The Labute approximate surface area is 251 Å². The second-order valence-electron chi connectivity index (χ2n) is 9.77. The van der Waals surface area contributed by atoms with Gasteiger partial charge in [-0.25, -0.2) is 14.8 Å². The second-order valence-corrected chi connectivity index (χ2v) is 9.77. The summed E-state index contributed by atoms with van der Waals surface area (Å²) in [5.74, 6) is 1.11. The van der Waals surface area contributed by atoms with Gasteiger partial charge in [0.25, 0.3) is 0 Å². The summed E-state index contributed by atoms with van der Waals surface area (Å²) < 4.78 is 10.2. The summed E-state index contributed by atoms with van der Waals surface area (Å²) in [5.41, 5.74) is 15.2. The van der Waals surface area contributed by atoms with Gasteiger partial charge in [-0.1, -0.05) is 24.3 Å². The normalized spacial score (nSPS) is 14.4. The number of carbonyl (C=O) groups excluding carboxylic acids is 1. The highest BCUT2D eigenvalue weighted by molar-refractivity contribution is 5.85. The number of ether oxygens (including phenoxy) is 2. The number of hydrogen-bond acceptors (Lipinski definition) is 8. The first-order chi connectivity index (χ1) is 18.1. The van der Waals surface area contributed by atoms with Crippen LogP contribution in [0.5, 0.6) is 0 Å². The topological polar surface area (TPSA) is 129 Å². The first kappa shape index (κ1) is 37.1. The van der Waals surface area contributed by atoms with E-state index in [2.05, 4.69) is 21.4 Å². The zero-order valence-electron chi connectivity index (χ0n) is 24.3. The third kappa shape index (κ3) is 14.0. The number of anilines is 2. The van der Waals surface area contributed by atoms with Crippen molar-refractivity contribution in [1.29, 1.82) is 0 Å². The van der Waals surface area contributed by atoms with Crippen molar-refractivity contribution in [2.45, 2.75) is 53.1 Å². The quantitative estimate of drug-likeness (QED) is 0.415. The Balaban J connectivity index is 0.000000656. The molecule has 224 valence electrons. The molecule has 4 rings (SSSR count). The monoisotopic (exact) mass is 596 g/mol. The number of amides is 1. The number of halogens is 2. The van der Waals surface area contributed by atoms with Gasteiger partial charge in [-0.2, -0.15) is 0 Å². The smallest absolute Gasteiger partial charge is 0.410 e. The van der Waals surface area contributed by atoms with Crippen molar-refractivity contribution < 1.29 is 14.3 Å². The lowest BCUT2D eigenvalue weighted by atomic mass is 10.0. The van der Waals surface area contributed by atoms with E-state index in [1.807, 2.05) is 71.0 Å². The van der Waals surface area contributed by atoms with E-state index < -0.39 is 5.60 Å². The number of aromatic nitrogens is 2. The van der Waals surface area contributed by atoms with Crippen LogP contribution in [0.15, 0.2) is 48.6 Å². The van der Waals surface area contributed by atoms with Gasteiger partial charge in [-0.3, -0.25) is 0 Å². The maximum atomic E-state index is 11.9. The van der Waals surface area contributed by atoms with Crippen LogP contribution in [0.4, 0.5) is 16.4 Å². The third-order valence-electron chi connectivity index (χ3n) is 5.53. The van der Waals surface area contributed by atoms with Gasteiger partial charge in [0.05, 0.1) is 11.4 Å². The van der Waals surface area contributed by atoms with Gasteiger partial charge >= 0.3 is 6.09 Å². The van der Waals surface area contributed by atoms with Crippen LogP contribution >= 0.6 is 24.8 Å². The maximum Gasteiger partial charge on any atom is 0.410 e. The number of hydrogen-bond donors (Lipinski definition) is 3. The molecule has 0 saturated heterocycles. The fourth-order valence-electron chi connectivity index (χ4n) is 3.71. The zero-order chi connectivity index (χ0) is 28.0. The molecule has 2 aliphatic heterocycles. The summed E-state index contributed by atoms with van der Waals surface area (Å²) in [7, 11) is 0. The molecule has 0 radical (unpaired) electrons. The number of nitrogen functional groups attached to an aromatic ring is 2. The van der Waals surface area contributed by atoms with Gasteiger partial charge in [-0.15, -0.1) is 24.8 Å². The molecule has 1 amide bonds. The van der Waals surface area contributed by atoms with Crippen LogP contribution < -0.4 is 16.8 Å². The molecule has 0 spiro atoms. The molecule has 2 aromatic rings. The Morgan fingerprint density at radius 1 is 0.925 bits per heavy atom. The van der Waals surface area contributed by atoms with E-state index in [1.54, 1.807) is 11.0 Å². The average Bonchev–Trinajstić information content (AvgIpc) is 2.90. The van der Waals surface area contributed by atoms with Gasteiger partial charge in [0.1, 0.15) is 17.2 Å². The number of carbonyl (C=O) groups is 1. The molecule has 0 saturated carbocycles. The van der Waals surface area contributed by atoms with E-state index in [9.17, 15) is 4.79 Å². The molecule has 0 atom stereocenters. The van der Waals surface area contributed by atoms with Crippen molar-refractivity contribution in [3.63, 3.8) is 0 Å². The Kier molecular flexibility index (Phi) is 17.9. The molecule has 2 aromatic heterocycles. The molecule has 0 fully saturated rings. The molecule has 11 heteroatoms. The highest BCUT2D eigenvalue weighted by Crippen LogP contribution is 2.22. The van der Waals surface area contributed by atoms with Gasteiger partial charge < -0.3 is 31.2 Å². The maximum absolute atomic E-state index is 11.9. The minimum absolute atomic E-state index is 0. The average molecular weight is 598 g/mol. The van der Waals surface area contributed by atoms with Crippen LogP contribution in [0.1, 0.15) is 58.8 Å². The van der Waals surface area contributed by atoms with E-state index in [0.29, 0.717) is 24.7 Å².